The average molecular weight is 225 g/mol. The fourth-order valence-electron chi connectivity index (χ4n) is 2.18. The number of unbranched alkanes of at least 4 members (excludes halogenated alkanes) is 1. The summed E-state index contributed by atoms with van der Waals surface area (Å²) in [5, 5.41) is 0. The Morgan fingerprint density at radius 3 is 2.31 bits per heavy atom. The van der Waals surface area contributed by atoms with Crippen molar-refractivity contribution in [3.8, 4) is 0 Å². The zero-order valence-corrected chi connectivity index (χ0v) is 10.5. The normalized spacial score (nSPS) is 19.0. The Bertz CT molecular complexity index is 234. The second kappa shape index (κ2) is 6.66. The molecule has 0 aromatic rings. The Morgan fingerprint density at radius 2 is 1.81 bits per heavy atom. The van der Waals surface area contributed by atoms with Crippen LogP contribution in [0.1, 0.15) is 58.8 Å². The van der Waals surface area contributed by atoms with Crippen LogP contribution in [0, 0.1) is 5.92 Å². The van der Waals surface area contributed by atoms with Gasteiger partial charge in [-0.15, -0.1) is 0 Å². The van der Waals surface area contributed by atoms with E-state index in [0.717, 1.165) is 19.3 Å². The van der Waals surface area contributed by atoms with Gasteiger partial charge in [-0.3, -0.25) is 14.5 Å². The Kier molecular flexibility index (Phi) is 5.50. The van der Waals surface area contributed by atoms with Crippen molar-refractivity contribution in [1.82, 2.24) is 4.90 Å². The SMILES string of the molecule is CCCCC(CC)CN1C(=O)CCCC1=O. The van der Waals surface area contributed by atoms with Crippen molar-refractivity contribution in [3.05, 3.63) is 0 Å². The molecule has 1 unspecified atom stereocenters. The van der Waals surface area contributed by atoms with Crippen LogP contribution in [0.25, 0.3) is 0 Å². The van der Waals surface area contributed by atoms with Gasteiger partial charge in [-0.1, -0.05) is 33.1 Å². The quantitative estimate of drug-likeness (QED) is 0.652. The molecule has 2 amide bonds. The Balaban J connectivity index is 2.48. The van der Waals surface area contributed by atoms with Crippen LogP contribution in [-0.4, -0.2) is 23.3 Å². The number of piperidine rings is 1. The van der Waals surface area contributed by atoms with Crippen LogP contribution in [-0.2, 0) is 9.59 Å². The van der Waals surface area contributed by atoms with E-state index >= 15 is 0 Å². The molecule has 1 heterocycles. The predicted molar refractivity (Wildman–Crippen MR) is 63.9 cm³/mol. The second-order valence-corrected chi connectivity index (χ2v) is 4.67. The topological polar surface area (TPSA) is 37.4 Å². The van der Waals surface area contributed by atoms with Crippen molar-refractivity contribution in [2.45, 2.75) is 58.8 Å². The van der Waals surface area contributed by atoms with Crippen LogP contribution in [0.3, 0.4) is 0 Å². The van der Waals surface area contributed by atoms with E-state index in [4.69, 9.17) is 0 Å². The van der Waals surface area contributed by atoms with E-state index in [-0.39, 0.29) is 11.8 Å². The molecule has 1 aliphatic rings. The van der Waals surface area contributed by atoms with Crippen LogP contribution in [0.2, 0.25) is 0 Å². The number of hydrogen-bond acceptors (Lipinski definition) is 2. The van der Waals surface area contributed by atoms with E-state index in [0.29, 0.717) is 25.3 Å². The molecule has 16 heavy (non-hydrogen) atoms. The fourth-order valence-corrected chi connectivity index (χ4v) is 2.18. The maximum atomic E-state index is 11.6. The van der Waals surface area contributed by atoms with E-state index in [1.807, 2.05) is 0 Å². The molecule has 0 radical (unpaired) electrons. The van der Waals surface area contributed by atoms with Crippen molar-refractivity contribution in [1.29, 1.82) is 0 Å². The van der Waals surface area contributed by atoms with Crippen molar-refractivity contribution < 1.29 is 9.59 Å². The Labute approximate surface area is 98.2 Å². The molecule has 3 nitrogen and oxygen atoms in total. The molecule has 1 aliphatic heterocycles. The van der Waals surface area contributed by atoms with E-state index < -0.39 is 0 Å². The molecule has 1 saturated heterocycles. The summed E-state index contributed by atoms with van der Waals surface area (Å²) in [5.74, 6) is 0.559. The molecule has 0 spiro atoms. The van der Waals surface area contributed by atoms with Gasteiger partial charge in [0.15, 0.2) is 0 Å². The van der Waals surface area contributed by atoms with Gasteiger partial charge in [-0.2, -0.15) is 0 Å². The molecule has 0 saturated carbocycles. The molecule has 0 bridgehead atoms. The number of likely N-dealkylation sites (tertiary alicyclic amines) is 1. The zero-order chi connectivity index (χ0) is 12.0. The Morgan fingerprint density at radius 1 is 1.19 bits per heavy atom. The summed E-state index contributed by atoms with van der Waals surface area (Å²) in [6.07, 6.45) is 6.39. The first kappa shape index (κ1) is 13.2. The summed E-state index contributed by atoms with van der Waals surface area (Å²) in [7, 11) is 0. The van der Waals surface area contributed by atoms with Gasteiger partial charge >= 0.3 is 0 Å². The summed E-state index contributed by atoms with van der Waals surface area (Å²) in [5.41, 5.74) is 0. The maximum Gasteiger partial charge on any atom is 0.229 e. The maximum absolute atomic E-state index is 11.6. The van der Waals surface area contributed by atoms with Gasteiger partial charge in [0.25, 0.3) is 0 Å². The third-order valence-corrected chi connectivity index (χ3v) is 3.37. The first-order valence-electron chi connectivity index (χ1n) is 6.52. The number of hydrogen-bond donors (Lipinski definition) is 0. The molecule has 0 aromatic heterocycles. The van der Waals surface area contributed by atoms with Crippen LogP contribution in [0.5, 0.6) is 0 Å². The first-order valence-corrected chi connectivity index (χ1v) is 6.52. The highest BCUT2D eigenvalue weighted by Gasteiger charge is 2.27. The molecule has 1 fully saturated rings. The smallest absolute Gasteiger partial charge is 0.229 e. The number of carbonyl (C=O) groups excluding carboxylic acids is 2. The highest BCUT2D eigenvalue weighted by atomic mass is 16.2. The third-order valence-electron chi connectivity index (χ3n) is 3.37. The molecule has 0 N–H and O–H groups in total. The van der Waals surface area contributed by atoms with E-state index in [2.05, 4.69) is 13.8 Å². The first-order chi connectivity index (χ1) is 7.69. The molecule has 0 aromatic carbocycles. The standard InChI is InChI=1S/C13H23NO2/c1-3-5-7-11(4-2)10-14-12(15)8-6-9-13(14)16/h11H,3-10H2,1-2H3. The molecule has 3 heteroatoms. The van der Waals surface area contributed by atoms with Crippen LogP contribution in [0.15, 0.2) is 0 Å². The molecule has 92 valence electrons. The molecule has 1 rings (SSSR count). The van der Waals surface area contributed by atoms with E-state index in [9.17, 15) is 9.59 Å². The Hall–Kier alpha value is -0.860. The van der Waals surface area contributed by atoms with Crippen LogP contribution >= 0.6 is 0 Å². The lowest BCUT2D eigenvalue weighted by molar-refractivity contribution is -0.148. The van der Waals surface area contributed by atoms with Crippen LogP contribution in [0.4, 0.5) is 0 Å². The largest absolute Gasteiger partial charge is 0.282 e. The lowest BCUT2D eigenvalue weighted by atomic mass is 9.97. The third kappa shape index (κ3) is 3.62. The lowest BCUT2D eigenvalue weighted by Crippen LogP contribution is -2.42. The highest BCUT2D eigenvalue weighted by molar-refractivity contribution is 5.97. The summed E-state index contributed by atoms with van der Waals surface area (Å²) in [4.78, 5) is 24.8. The lowest BCUT2D eigenvalue weighted by Gasteiger charge is -2.28. The van der Waals surface area contributed by atoms with Gasteiger partial charge in [0.2, 0.25) is 11.8 Å². The fraction of sp³-hybridized carbons (Fsp3) is 0.846. The highest BCUT2D eigenvalue weighted by Crippen LogP contribution is 2.19. The predicted octanol–water partition coefficient (Wildman–Crippen LogP) is 2.74. The van der Waals surface area contributed by atoms with Gasteiger partial charge in [-0.05, 0) is 18.8 Å². The summed E-state index contributed by atoms with van der Waals surface area (Å²) in [6, 6.07) is 0. The van der Waals surface area contributed by atoms with E-state index in [1.165, 1.54) is 17.7 Å². The molecular weight excluding hydrogens is 202 g/mol. The summed E-state index contributed by atoms with van der Waals surface area (Å²) < 4.78 is 0. The van der Waals surface area contributed by atoms with E-state index in [1.54, 1.807) is 0 Å². The monoisotopic (exact) mass is 225 g/mol. The van der Waals surface area contributed by atoms with Crippen LogP contribution < -0.4 is 0 Å². The number of rotatable bonds is 6. The van der Waals surface area contributed by atoms with Crippen molar-refractivity contribution >= 4 is 11.8 Å². The van der Waals surface area contributed by atoms with Crippen molar-refractivity contribution in [2.75, 3.05) is 6.54 Å². The van der Waals surface area contributed by atoms with Crippen molar-refractivity contribution in [3.63, 3.8) is 0 Å². The molecular formula is C13H23NO2. The van der Waals surface area contributed by atoms with Gasteiger partial charge in [-0.25, -0.2) is 0 Å². The minimum atomic E-state index is 0.0335. The second-order valence-electron chi connectivity index (χ2n) is 4.67. The van der Waals surface area contributed by atoms with Gasteiger partial charge < -0.3 is 0 Å². The zero-order valence-electron chi connectivity index (χ0n) is 10.5. The summed E-state index contributed by atoms with van der Waals surface area (Å²) >= 11 is 0. The minimum Gasteiger partial charge on any atom is -0.282 e. The number of imide groups is 1. The molecule has 1 atom stereocenters. The number of amides is 2. The van der Waals surface area contributed by atoms with Crippen molar-refractivity contribution in [2.24, 2.45) is 5.92 Å². The van der Waals surface area contributed by atoms with Gasteiger partial charge in [0.1, 0.15) is 0 Å². The average Bonchev–Trinajstić information content (AvgIpc) is 2.28. The summed E-state index contributed by atoms with van der Waals surface area (Å²) in [6.45, 7) is 4.96. The number of carbonyl (C=O) groups is 2. The van der Waals surface area contributed by atoms with Gasteiger partial charge in [0.05, 0.1) is 0 Å². The molecule has 0 aliphatic carbocycles. The minimum absolute atomic E-state index is 0.0335. The van der Waals surface area contributed by atoms with Gasteiger partial charge in [0, 0.05) is 19.4 Å². The number of nitrogens with zero attached hydrogens (tertiary/aromatic N) is 1.